The first-order valence-electron chi connectivity index (χ1n) is 5.56. The number of hydrogen-bond acceptors (Lipinski definition) is 1. The lowest BCUT2D eigenvalue weighted by molar-refractivity contribution is 1.16. The summed E-state index contributed by atoms with van der Waals surface area (Å²) in [5.74, 6) is 0. The third-order valence-corrected chi connectivity index (χ3v) is 7.29. The van der Waals surface area contributed by atoms with Crippen LogP contribution in [0.3, 0.4) is 0 Å². The van der Waals surface area contributed by atoms with Crippen molar-refractivity contribution in [2.45, 2.75) is 25.6 Å². The molecular formula is C14H13Br3S. The third-order valence-electron chi connectivity index (χ3n) is 2.95. The lowest BCUT2D eigenvalue weighted by Crippen LogP contribution is -1.95. The molecule has 1 atom stereocenters. The fraction of sp³-hybridized carbons (Fsp3) is 0.286. The number of rotatable bonds is 2. The van der Waals surface area contributed by atoms with Crippen molar-refractivity contribution >= 4 is 59.1 Å². The first-order chi connectivity index (χ1) is 8.40. The van der Waals surface area contributed by atoms with E-state index in [1.54, 1.807) is 11.3 Å². The first kappa shape index (κ1) is 14.8. The van der Waals surface area contributed by atoms with Crippen molar-refractivity contribution in [1.82, 2.24) is 0 Å². The molecule has 0 nitrogen and oxygen atoms in total. The number of hydrogen-bond donors (Lipinski definition) is 0. The molecule has 18 heavy (non-hydrogen) atoms. The molecule has 0 radical (unpaired) electrons. The van der Waals surface area contributed by atoms with E-state index in [9.17, 15) is 0 Å². The summed E-state index contributed by atoms with van der Waals surface area (Å²) < 4.78 is 2.39. The van der Waals surface area contributed by atoms with Gasteiger partial charge >= 0.3 is 0 Å². The molecule has 0 fully saturated rings. The molecule has 0 bridgehead atoms. The number of benzene rings is 1. The maximum absolute atomic E-state index is 3.83. The smallest absolute Gasteiger partial charge is 0.0741 e. The average molecular weight is 453 g/mol. The van der Waals surface area contributed by atoms with Gasteiger partial charge in [0.2, 0.25) is 0 Å². The van der Waals surface area contributed by atoms with E-state index in [0.717, 1.165) is 0 Å². The molecule has 1 aromatic heterocycles. The van der Waals surface area contributed by atoms with E-state index in [1.165, 1.54) is 35.4 Å². The molecule has 0 saturated carbocycles. The minimum atomic E-state index is 0.263. The van der Waals surface area contributed by atoms with Gasteiger partial charge in [0.25, 0.3) is 0 Å². The summed E-state index contributed by atoms with van der Waals surface area (Å²) in [6.07, 6.45) is 0. The normalized spacial score (nSPS) is 12.8. The molecule has 0 N–H and O–H groups in total. The highest BCUT2D eigenvalue weighted by atomic mass is 79.9. The SMILES string of the molecule is Cc1cc(C(Br)c2cc(C)c(Br)s2)c(C)cc1Br. The zero-order valence-electron chi connectivity index (χ0n) is 10.4. The molecule has 4 heteroatoms. The van der Waals surface area contributed by atoms with Gasteiger partial charge in [0, 0.05) is 9.35 Å². The predicted octanol–water partition coefficient (Wildman–Crippen LogP) is 6.68. The van der Waals surface area contributed by atoms with E-state index < -0.39 is 0 Å². The molecule has 0 aliphatic heterocycles. The molecule has 0 spiro atoms. The minimum Gasteiger partial charge on any atom is -0.131 e. The van der Waals surface area contributed by atoms with Crippen LogP contribution in [-0.2, 0) is 0 Å². The molecule has 1 heterocycles. The fourth-order valence-corrected chi connectivity index (χ4v) is 4.77. The summed E-state index contributed by atoms with van der Waals surface area (Å²) in [5, 5.41) is 0. The molecule has 0 saturated heterocycles. The molecule has 0 aliphatic rings. The van der Waals surface area contributed by atoms with Crippen LogP contribution in [-0.4, -0.2) is 0 Å². The fourth-order valence-electron chi connectivity index (χ4n) is 1.84. The average Bonchev–Trinajstić information content (AvgIpc) is 2.63. The summed E-state index contributed by atoms with van der Waals surface area (Å²) in [4.78, 5) is 1.60. The van der Waals surface area contributed by atoms with Gasteiger partial charge in [0.1, 0.15) is 0 Å². The minimum absolute atomic E-state index is 0.263. The van der Waals surface area contributed by atoms with Crippen LogP contribution in [0.25, 0.3) is 0 Å². The first-order valence-corrected chi connectivity index (χ1v) is 8.88. The Labute approximate surface area is 137 Å². The van der Waals surface area contributed by atoms with Gasteiger partial charge in [-0.25, -0.2) is 0 Å². The van der Waals surface area contributed by atoms with Gasteiger partial charge in [-0.15, -0.1) is 11.3 Å². The topological polar surface area (TPSA) is 0 Å². The van der Waals surface area contributed by atoms with Crippen LogP contribution in [0.1, 0.15) is 32.0 Å². The van der Waals surface area contributed by atoms with Crippen LogP contribution in [0.5, 0.6) is 0 Å². The summed E-state index contributed by atoms with van der Waals surface area (Å²) in [6, 6.07) is 6.68. The van der Waals surface area contributed by atoms with E-state index >= 15 is 0 Å². The van der Waals surface area contributed by atoms with Crippen molar-refractivity contribution in [3.63, 3.8) is 0 Å². The van der Waals surface area contributed by atoms with Crippen molar-refractivity contribution in [1.29, 1.82) is 0 Å². The van der Waals surface area contributed by atoms with E-state index in [-0.39, 0.29) is 4.83 Å². The number of thiophene rings is 1. The quantitative estimate of drug-likeness (QED) is 0.445. The molecule has 2 aromatic rings. The molecule has 1 aromatic carbocycles. The van der Waals surface area contributed by atoms with Crippen molar-refractivity contribution in [3.05, 3.63) is 53.6 Å². The summed E-state index contributed by atoms with van der Waals surface area (Å²) in [5.41, 5.74) is 5.21. The summed E-state index contributed by atoms with van der Waals surface area (Å²) in [7, 11) is 0. The molecule has 2 rings (SSSR count). The Hall–Kier alpha value is 0.360. The van der Waals surface area contributed by atoms with Gasteiger partial charge in [-0.3, -0.25) is 0 Å². The molecule has 96 valence electrons. The lowest BCUT2D eigenvalue weighted by atomic mass is 10.0. The van der Waals surface area contributed by atoms with Gasteiger partial charge in [0.15, 0.2) is 0 Å². The Morgan fingerprint density at radius 1 is 0.944 bits per heavy atom. The van der Waals surface area contributed by atoms with Crippen molar-refractivity contribution < 1.29 is 0 Å². The second kappa shape index (κ2) is 5.78. The predicted molar refractivity (Wildman–Crippen MR) is 91.1 cm³/mol. The maximum atomic E-state index is 3.83. The van der Waals surface area contributed by atoms with Gasteiger partial charge in [-0.05, 0) is 71.1 Å². The van der Waals surface area contributed by atoms with Crippen LogP contribution in [0.4, 0.5) is 0 Å². The Balaban J connectivity index is 2.45. The molecule has 1 unspecified atom stereocenters. The zero-order chi connectivity index (χ0) is 13.4. The van der Waals surface area contributed by atoms with Crippen LogP contribution in [0.2, 0.25) is 0 Å². The van der Waals surface area contributed by atoms with E-state index in [0.29, 0.717) is 0 Å². The van der Waals surface area contributed by atoms with Gasteiger partial charge < -0.3 is 0 Å². The van der Waals surface area contributed by atoms with E-state index in [1.807, 2.05) is 0 Å². The zero-order valence-corrected chi connectivity index (χ0v) is 15.9. The van der Waals surface area contributed by atoms with Gasteiger partial charge in [-0.2, -0.15) is 0 Å². The standard InChI is InChI=1S/C14H13Br3S/c1-7-5-11(15)8(2)4-10(7)13(16)12-6-9(3)14(17)18-12/h4-6,13H,1-3H3. The van der Waals surface area contributed by atoms with Crippen molar-refractivity contribution in [2.24, 2.45) is 0 Å². The van der Waals surface area contributed by atoms with Gasteiger partial charge in [0.05, 0.1) is 8.61 Å². The highest BCUT2D eigenvalue weighted by Crippen LogP contribution is 2.41. The van der Waals surface area contributed by atoms with Crippen LogP contribution >= 0.6 is 59.1 Å². The Kier molecular flexibility index (Phi) is 4.74. The number of halogens is 3. The second-order valence-electron chi connectivity index (χ2n) is 4.43. The van der Waals surface area contributed by atoms with Crippen molar-refractivity contribution in [2.75, 3.05) is 0 Å². The van der Waals surface area contributed by atoms with Crippen molar-refractivity contribution in [3.8, 4) is 0 Å². The summed E-state index contributed by atoms with van der Waals surface area (Å²) in [6.45, 7) is 6.41. The van der Waals surface area contributed by atoms with E-state index in [2.05, 4.69) is 86.8 Å². The monoisotopic (exact) mass is 450 g/mol. The highest BCUT2D eigenvalue weighted by molar-refractivity contribution is 9.11. The van der Waals surface area contributed by atoms with Crippen LogP contribution in [0, 0.1) is 20.8 Å². The number of aryl methyl sites for hydroxylation is 3. The van der Waals surface area contributed by atoms with Crippen LogP contribution < -0.4 is 0 Å². The second-order valence-corrected chi connectivity index (χ2v) is 8.60. The largest absolute Gasteiger partial charge is 0.131 e. The maximum Gasteiger partial charge on any atom is 0.0741 e. The Morgan fingerprint density at radius 3 is 2.17 bits per heavy atom. The highest BCUT2D eigenvalue weighted by Gasteiger charge is 2.17. The van der Waals surface area contributed by atoms with Gasteiger partial charge in [-0.1, -0.05) is 37.9 Å². The Morgan fingerprint density at radius 2 is 1.61 bits per heavy atom. The summed E-state index contributed by atoms with van der Waals surface area (Å²) >= 11 is 12.8. The lowest BCUT2D eigenvalue weighted by Gasteiger charge is -2.13. The van der Waals surface area contributed by atoms with Crippen LogP contribution in [0.15, 0.2) is 26.5 Å². The number of alkyl halides is 1. The third kappa shape index (κ3) is 2.92. The molecule has 0 amide bonds. The molecular weight excluding hydrogens is 440 g/mol. The van der Waals surface area contributed by atoms with E-state index in [4.69, 9.17) is 0 Å². The Bertz CT molecular complexity index is 567. The molecule has 0 aliphatic carbocycles.